The van der Waals surface area contributed by atoms with Crippen LogP contribution in [0.3, 0.4) is 0 Å². The van der Waals surface area contributed by atoms with E-state index in [-0.39, 0.29) is 17.9 Å². The number of carbonyl (C=O) groups excluding carboxylic acids is 2. The van der Waals surface area contributed by atoms with E-state index in [0.29, 0.717) is 17.9 Å². The standard InChI is InChI=1S/C21H26N2O3/c1-14(2)22-20(24)13-17-7-9-18(10-8-17)23-21(25)16(4)26-19-11-5-15(3)6-12-19/h5-12,14,16H,13H2,1-4H3,(H,22,24)(H,23,25). The summed E-state index contributed by atoms with van der Waals surface area (Å²) in [6.07, 6.45) is -0.298. The first-order valence-electron chi connectivity index (χ1n) is 8.76. The Morgan fingerprint density at radius 2 is 1.58 bits per heavy atom. The molecule has 2 rings (SSSR count). The van der Waals surface area contributed by atoms with Crippen LogP contribution in [0.15, 0.2) is 48.5 Å². The first-order valence-corrected chi connectivity index (χ1v) is 8.76. The van der Waals surface area contributed by atoms with E-state index in [1.54, 1.807) is 19.1 Å². The Morgan fingerprint density at radius 1 is 0.962 bits per heavy atom. The van der Waals surface area contributed by atoms with Crippen LogP contribution < -0.4 is 15.4 Å². The third-order valence-corrected chi connectivity index (χ3v) is 3.74. The van der Waals surface area contributed by atoms with Gasteiger partial charge in [0.15, 0.2) is 6.10 Å². The van der Waals surface area contributed by atoms with Crippen molar-refractivity contribution in [2.45, 2.75) is 46.3 Å². The number of rotatable bonds is 7. The summed E-state index contributed by atoms with van der Waals surface area (Å²) in [5, 5.41) is 5.68. The fourth-order valence-electron chi connectivity index (χ4n) is 2.38. The number of benzene rings is 2. The second-order valence-corrected chi connectivity index (χ2v) is 6.66. The molecule has 1 unspecified atom stereocenters. The van der Waals surface area contributed by atoms with E-state index in [4.69, 9.17) is 4.74 Å². The molecule has 0 radical (unpaired) electrons. The molecule has 0 spiro atoms. The first-order chi connectivity index (χ1) is 12.3. The minimum Gasteiger partial charge on any atom is -0.481 e. The summed E-state index contributed by atoms with van der Waals surface area (Å²) in [7, 11) is 0. The highest BCUT2D eigenvalue weighted by Gasteiger charge is 2.15. The topological polar surface area (TPSA) is 67.4 Å². The van der Waals surface area contributed by atoms with Crippen molar-refractivity contribution in [3.05, 3.63) is 59.7 Å². The molecule has 2 aromatic carbocycles. The molecular weight excluding hydrogens is 328 g/mol. The monoisotopic (exact) mass is 354 g/mol. The molecule has 0 saturated heterocycles. The Morgan fingerprint density at radius 3 is 2.15 bits per heavy atom. The zero-order chi connectivity index (χ0) is 19.1. The van der Waals surface area contributed by atoms with E-state index in [9.17, 15) is 9.59 Å². The average molecular weight is 354 g/mol. The van der Waals surface area contributed by atoms with Gasteiger partial charge in [-0.1, -0.05) is 29.8 Å². The van der Waals surface area contributed by atoms with Crippen molar-refractivity contribution in [1.82, 2.24) is 5.32 Å². The maximum Gasteiger partial charge on any atom is 0.265 e. The quantitative estimate of drug-likeness (QED) is 0.800. The van der Waals surface area contributed by atoms with Crippen molar-refractivity contribution in [2.75, 3.05) is 5.32 Å². The highest BCUT2D eigenvalue weighted by molar-refractivity contribution is 5.94. The van der Waals surface area contributed by atoms with Crippen LogP contribution in [-0.4, -0.2) is 24.0 Å². The van der Waals surface area contributed by atoms with E-state index in [1.807, 2.05) is 57.2 Å². The summed E-state index contributed by atoms with van der Waals surface area (Å²) >= 11 is 0. The predicted molar refractivity (Wildman–Crippen MR) is 103 cm³/mol. The minimum atomic E-state index is -0.616. The number of hydrogen-bond donors (Lipinski definition) is 2. The third-order valence-electron chi connectivity index (χ3n) is 3.74. The molecule has 0 bridgehead atoms. The molecule has 1 atom stereocenters. The largest absolute Gasteiger partial charge is 0.481 e. The number of hydrogen-bond acceptors (Lipinski definition) is 3. The lowest BCUT2D eigenvalue weighted by Gasteiger charge is -2.15. The van der Waals surface area contributed by atoms with Crippen molar-refractivity contribution >= 4 is 17.5 Å². The maximum absolute atomic E-state index is 12.3. The summed E-state index contributed by atoms with van der Waals surface area (Å²) in [6, 6.07) is 14.9. The Labute approximate surface area is 154 Å². The van der Waals surface area contributed by atoms with E-state index in [1.165, 1.54) is 0 Å². The van der Waals surface area contributed by atoms with Crippen LogP contribution >= 0.6 is 0 Å². The normalized spacial score (nSPS) is 11.7. The van der Waals surface area contributed by atoms with Gasteiger partial charge in [0.25, 0.3) is 5.91 Å². The van der Waals surface area contributed by atoms with Crippen LogP contribution in [0.1, 0.15) is 31.9 Å². The zero-order valence-corrected chi connectivity index (χ0v) is 15.7. The van der Waals surface area contributed by atoms with Gasteiger partial charge < -0.3 is 15.4 Å². The molecule has 138 valence electrons. The van der Waals surface area contributed by atoms with Gasteiger partial charge in [0.05, 0.1) is 6.42 Å². The van der Waals surface area contributed by atoms with Crippen molar-refractivity contribution in [1.29, 1.82) is 0 Å². The van der Waals surface area contributed by atoms with Crippen molar-refractivity contribution in [3.8, 4) is 5.75 Å². The number of anilines is 1. The van der Waals surface area contributed by atoms with Crippen LogP contribution in [0, 0.1) is 6.92 Å². The fourth-order valence-corrected chi connectivity index (χ4v) is 2.38. The van der Waals surface area contributed by atoms with Crippen LogP contribution in [0.2, 0.25) is 0 Å². The molecule has 2 amide bonds. The lowest BCUT2D eigenvalue weighted by atomic mass is 10.1. The summed E-state index contributed by atoms with van der Waals surface area (Å²) in [5.41, 5.74) is 2.70. The lowest BCUT2D eigenvalue weighted by Crippen LogP contribution is -2.31. The summed E-state index contributed by atoms with van der Waals surface area (Å²) in [4.78, 5) is 24.0. The smallest absolute Gasteiger partial charge is 0.265 e. The molecule has 0 fully saturated rings. The second-order valence-electron chi connectivity index (χ2n) is 6.66. The average Bonchev–Trinajstić information content (AvgIpc) is 2.58. The van der Waals surface area contributed by atoms with E-state index in [2.05, 4.69) is 10.6 Å². The molecule has 0 aliphatic carbocycles. The molecule has 0 heterocycles. The summed E-state index contributed by atoms with van der Waals surface area (Å²) in [5.74, 6) is 0.414. The van der Waals surface area contributed by atoms with E-state index < -0.39 is 6.10 Å². The van der Waals surface area contributed by atoms with Gasteiger partial charge in [0.2, 0.25) is 5.91 Å². The zero-order valence-electron chi connectivity index (χ0n) is 15.7. The predicted octanol–water partition coefficient (Wildman–Crippen LogP) is 3.47. The Kier molecular flexibility index (Phi) is 6.78. The van der Waals surface area contributed by atoms with Gasteiger partial charge in [-0.15, -0.1) is 0 Å². The van der Waals surface area contributed by atoms with E-state index in [0.717, 1.165) is 11.1 Å². The SMILES string of the molecule is Cc1ccc(OC(C)C(=O)Nc2ccc(CC(=O)NC(C)C)cc2)cc1. The molecule has 5 heteroatoms. The van der Waals surface area contributed by atoms with Gasteiger partial charge >= 0.3 is 0 Å². The minimum absolute atomic E-state index is 0.0168. The molecular formula is C21H26N2O3. The van der Waals surface area contributed by atoms with Gasteiger partial charge in [-0.2, -0.15) is 0 Å². The number of aryl methyl sites for hydroxylation is 1. The number of amides is 2. The molecule has 0 aromatic heterocycles. The maximum atomic E-state index is 12.3. The van der Waals surface area contributed by atoms with Crippen LogP contribution in [-0.2, 0) is 16.0 Å². The van der Waals surface area contributed by atoms with Gasteiger partial charge in [0.1, 0.15) is 5.75 Å². The van der Waals surface area contributed by atoms with Crippen LogP contribution in [0.4, 0.5) is 5.69 Å². The molecule has 26 heavy (non-hydrogen) atoms. The Bertz CT molecular complexity index is 737. The third kappa shape index (κ3) is 6.24. The molecule has 0 aliphatic heterocycles. The van der Waals surface area contributed by atoms with Crippen LogP contribution in [0.5, 0.6) is 5.75 Å². The Balaban J connectivity index is 1.88. The summed E-state index contributed by atoms with van der Waals surface area (Å²) < 4.78 is 5.65. The molecule has 2 aromatic rings. The van der Waals surface area contributed by atoms with Crippen molar-refractivity contribution < 1.29 is 14.3 Å². The molecule has 5 nitrogen and oxygen atoms in total. The second kappa shape index (κ2) is 9.04. The lowest BCUT2D eigenvalue weighted by molar-refractivity contribution is -0.122. The van der Waals surface area contributed by atoms with Crippen molar-refractivity contribution in [2.24, 2.45) is 0 Å². The van der Waals surface area contributed by atoms with Gasteiger partial charge in [-0.25, -0.2) is 0 Å². The molecule has 0 aliphatic rings. The number of carbonyl (C=O) groups is 2. The van der Waals surface area contributed by atoms with Crippen LogP contribution in [0.25, 0.3) is 0 Å². The van der Waals surface area contributed by atoms with Gasteiger partial charge in [-0.3, -0.25) is 9.59 Å². The highest BCUT2D eigenvalue weighted by atomic mass is 16.5. The van der Waals surface area contributed by atoms with Gasteiger partial charge in [0, 0.05) is 11.7 Å². The van der Waals surface area contributed by atoms with Crippen molar-refractivity contribution in [3.63, 3.8) is 0 Å². The fraction of sp³-hybridized carbons (Fsp3) is 0.333. The first kappa shape index (κ1) is 19.5. The number of ether oxygens (including phenoxy) is 1. The number of nitrogens with one attached hydrogen (secondary N) is 2. The molecule has 0 saturated carbocycles. The molecule has 2 N–H and O–H groups in total. The van der Waals surface area contributed by atoms with E-state index >= 15 is 0 Å². The van der Waals surface area contributed by atoms with Gasteiger partial charge in [-0.05, 0) is 57.5 Å². The summed E-state index contributed by atoms with van der Waals surface area (Å²) in [6.45, 7) is 7.56. The Hall–Kier alpha value is -2.82. The highest BCUT2D eigenvalue weighted by Crippen LogP contribution is 2.15.